The summed E-state index contributed by atoms with van der Waals surface area (Å²) >= 11 is 0. The lowest BCUT2D eigenvalue weighted by atomic mass is 10.0. The first-order chi connectivity index (χ1) is 6.43. The fraction of sp³-hybridized carbons (Fsp3) is 0.833. The van der Waals surface area contributed by atoms with Crippen molar-refractivity contribution in [2.75, 3.05) is 6.54 Å². The van der Waals surface area contributed by atoms with Crippen molar-refractivity contribution in [3.63, 3.8) is 0 Å². The number of hydrogen-bond acceptors (Lipinski definition) is 1. The average molecular weight is 181 g/mol. The van der Waals surface area contributed by atoms with Gasteiger partial charge in [-0.3, -0.25) is 0 Å². The Bertz CT molecular complexity index is 140. The summed E-state index contributed by atoms with van der Waals surface area (Å²) in [6.07, 6.45) is 14.1. The van der Waals surface area contributed by atoms with Gasteiger partial charge < -0.3 is 5.32 Å². The second-order valence-electron chi connectivity index (χ2n) is 3.98. The second-order valence-corrected chi connectivity index (χ2v) is 3.98. The highest BCUT2D eigenvalue weighted by Gasteiger charge is 2.05. The maximum Gasteiger partial charge on any atom is 0.0250 e. The van der Waals surface area contributed by atoms with Crippen LogP contribution in [-0.2, 0) is 0 Å². The molecule has 1 aliphatic rings. The first-order valence-corrected chi connectivity index (χ1v) is 5.83. The Morgan fingerprint density at radius 3 is 2.92 bits per heavy atom. The summed E-state index contributed by atoms with van der Waals surface area (Å²) in [5, 5.41) is 3.59. The van der Waals surface area contributed by atoms with E-state index >= 15 is 0 Å². The Balaban J connectivity index is 1.92. The summed E-state index contributed by atoms with van der Waals surface area (Å²) in [4.78, 5) is 0. The SMILES string of the molecule is CCCCCCN[C@@H]1C=CCCC1. The van der Waals surface area contributed by atoms with Crippen LogP contribution in [0.4, 0.5) is 0 Å². The van der Waals surface area contributed by atoms with Crippen LogP contribution in [0.1, 0.15) is 51.9 Å². The number of rotatable bonds is 6. The molecule has 1 aliphatic carbocycles. The summed E-state index contributed by atoms with van der Waals surface area (Å²) in [5.74, 6) is 0. The molecule has 0 unspecified atom stereocenters. The van der Waals surface area contributed by atoms with E-state index in [1.54, 1.807) is 0 Å². The Morgan fingerprint density at radius 1 is 1.31 bits per heavy atom. The van der Waals surface area contributed by atoms with E-state index in [1.165, 1.54) is 51.5 Å². The van der Waals surface area contributed by atoms with E-state index < -0.39 is 0 Å². The van der Waals surface area contributed by atoms with Crippen molar-refractivity contribution in [3.05, 3.63) is 12.2 Å². The topological polar surface area (TPSA) is 12.0 Å². The fourth-order valence-corrected chi connectivity index (χ4v) is 1.82. The molecule has 0 aromatic carbocycles. The number of allylic oxidation sites excluding steroid dienone is 1. The zero-order valence-electron chi connectivity index (χ0n) is 8.89. The highest BCUT2D eigenvalue weighted by atomic mass is 14.9. The molecular weight excluding hydrogens is 158 g/mol. The van der Waals surface area contributed by atoms with Gasteiger partial charge in [-0.15, -0.1) is 0 Å². The molecular formula is C12H23N. The van der Waals surface area contributed by atoms with Gasteiger partial charge in [0.15, 0.2) is 0 Å². The molecule has 0 bridgehead atoms. The first kappa shape index (κ1) is 10.8. The predicted octanol–water partition coefficient (Wildman–Crippen LogP) is 3.27. The van der Waals surface area contributed by atoms with Crippen LogP contribution in [0, 0.1) is 0 Å². The minimum atomic E-state index is 0.676. The van der Waals surface area contributed by atoms with Crippen LogP contribution in [0.5, 0.6) is 0 Å². The van der Waals surface area contributed by atoms with E-state index in [4.69, 9.17) is 0 Å². The van der Waals surface area contributed by atoms with Crippen LogP contribution in [0.3, 0.4) is 0 Å². The number of unbranched alkanes of at least 4 members (excludes halogenated alkanes) is 3. The standard InChI is InChI=1S/C12H23N/c1-2-3-4-8-11-13-12-9-6-5-7-10-12/h6,9,12-13H,2-5,7-8,10-11H2,1H3/t12-/m1/s1. The molecule has 76 valence electrons. The van der Waals surface area contributed by atoms with Crippen molar-refractivity contribution in [2.24, 2.45) is 0 Å². The van der Waals surface area contributed by atoms with Crippen molar-refractivity contribution in [1.29, 1.82) is 0 Å². The third-order valence-corrected chi connectivity index (χ3v) is 2.69. The minimum Gasteiger partial charge on any atom is -0.311 e. The summed E-state index contributed by atoms with van der Waals surface area (Å²) in [5.41, 5.74) is 0. The van der Waals surface area contributed by atoms with Crippen LogP contribution in [-0.4, -0.2) is 12.6 Å². The van der Waals surface area contributed by atoms with E-state index in [0.29, 0.717) is 6.04 Å². The van der Waals surface area contributed by atoms with Gasteiger partial charge in [-0.1, -0.05) is 38.3 Å². The molecule has 0 saturated carbocycles. The summed E-state index contributed by atoms with van der Waals surface area (Å²) in [6.45, 7) is 3.46. The van der Waals surface area contributed by atoms with Crippen molar-refractivity contribution in [3.8, 4) is 0 Å². The smallest absolute Gasteiger partial charge is 0.0250 e. The molecule has 0 saturated heterocycles. The molecule has 1 atom stereocenters. The molecule has 1 nitrogen and oxygen atoms in total. The number of nitrogens with one attached hydrogen (secondary N) is 1. The molecule has 1 rings (SSSR count). The third-order valence-electron chi connectivity index (χ3n) is 2.69. The molecule has 13 heavy (non-hydrogen) atoms. The average Bonchev–Trinajstić information content (AvgIpc) is 2.19. The lowest BCUT2D eigenvalue weighted by molar-refractivity contribution is 0.503. The monoisotopic (exact) mass is 181 g/mol. The molecule has 0 fully saturated rings. The van der Waals surface area contributed by atoms with Gasteiger partial charge in [-0.05, 0) is 32.2 Å². The fourth-order valence-electron chi connectivity index (χ4n) is 1.82. The lowest BCUT2D eigenvalue weighted by Crippen LogP contribution is -2.29. The van der Waals surface area contributed by atoms with Crippen LogP contribution < -0.4 is 5.32 Å². The van der Waals surface area contributed by atoms with Gasteiger partial charge in [0.1, 0.15) is 0 Å². The third kappa shape index (κ3) is 5.09. The van der Waals surface area contributed by atoms with Crippen LogP contribution in [0.15, 0.2) is 12.2 Å². The summed E-state index contributed by atoms with van der Waals surface area (Å²) < 4.78 is 0. The van der Waals surface area contributed by atoms with E-state index in [1.807, 2.05) is 0 Å². The maximum atomic E-state index is 3.59. The first-order valence-electron chi connectivity index (χ1n) is 5.83. The zero-order chi connectivity index (χ0) is 9.36. The summed E-state index contributed by atoms with van der Waals surface area (Å²) in [6, 6.07) is 0.676. The number of hydrogen-bond donors (Lipinski definition) is 1. The van der Waals surface area contributed by atoms with E-state index in [2.05, 4.69) is 24.4 Å². The molecule has 1 heteroatoms. The quantitative estimate of drug-likeness (QED) is 0.490. The van der Waals surface area contributed by atoms with Gasteiger partial charge in [0.2, 0.25) is 0 Å². The Kier molecular flexibility index (Phi) is 5.92. The van der Waals surface area contributed by atoms with Gasteiger partial charge in [0.25, 0.3) is 0 Å². The van der Waals surface area contributed by atoms with E-state index in [-0.39, 0.29) is 0 Å². The van der Waals surface area contributed by atoms with Gasteiger partial charge in [-0.25, -0.2) is 0 Å². The molecule has 0 radical (unpaired) electrons. The maximum absolute atomic E-state index is 3.59. The lowest BCUT2D eigenvalue weighted by Gasteiger charge is -2.17. The Morgan fingerprint density at radius 2 is 2.23 bits per heavy atom. The Hall–Kier alpha value is -0.300. The minimum absolute atomic E-state index is 0.676. The highest BCUT2D eigenvalue weighted by molar-refractivity contribution is 4.97. The zero-order valence-corrected chi connectivity index (χ0v) is 8.89. The predicted molar refractivity (Wildman–Crippen MR) is 58.9 cm³/mol. The molecule has 0 spiro atoms. The van der Waals surface area contributed by atoms with Crippen molar-refractivity contribution < 1.29 is 0 Å². The van der Waals surface area contributed by atoms with Crippen molar-refractivity contribution in [1.82, 2.24) is 5.32 Å². The largest absolute Gasteiger partial charge is 0.311 e. The van der Waals surface area contributed by atoms with Gasteiger partial charge >= 0.3 is 0 Å². The van der Waals surface area contributed by atoms with Crippen LogP contribution in [0.2, 0.25) is 0 Å². The molecule has 0 amide bonds. The van der Waals surface area contributed by atoms with Crippen molar-refractivity contribution in [2.45, 2.75) is 57.9 Å². The summed E-state index contributed by atoms with van der Waals surface area (Å²) in [7, 11) is 0. The molecule has 0 aliphatic heterocycles. The van der Waals surface area contributed by atoms with E-state index in [0.717, 1.165) is 0 Å². The van der Waals surface area contributed by atoms with Crippen molar-refractivity contribution >= 4 is 0 Å². The van der Waals surface area contributed by atoms with Crippen LogP contribution >= 0.6 is 0 Å². The molecule has 1 N–H and O–H groups in total. The normalized spacial score (nSPS) is 22.1. The second kappa shape index (κ2) is 7.14. The molecule has 0 aromatic rings. The van der Waals surface area contributed by atoms with Gasteiger partial charge in [-0.2, -0.15) is 0 Å². The van der Waals surface area contributed by atoms with Gasteiger partial charge in [0, 0.05) is 6.04 Å². The highest BCUT2D eigenvalue weighted by Crippen LogP contribution is 2.10. The van der Waals surface area contributed by atoms with Gasteiger partial charge in [0.05, 0.1) is 0 Å². The van der Waals surface area contributed by atoms with E-state index in [9.17, 15) is 0 Å². The van der Waals surface area contributed by atoms with Crippen LogP contribution in [0.25, 0.3) is 0 Å². The molecule has 0 heterocycles. The Labute approximate surface area is 82.6 Å². The molecule has 0 aromatic heterocycles.